The summed E-state index contributed by atoms with van der Waals surface area (Å²) >= 11 is 6.17. The number of nitrogens with one attached hydrogen (secondary N) is 1. The third-order valence-corrected chi connectivity index (χ3v) is 3.61. The van der Waals surface area contributed by atoms with Gasteiger partial charge in [-0.2, -0.15) is 0 Å². The molecule has 0 spiro atoms. The van der Waals surface area contributed by atoms with Crippen molar-refractivity contribution in [1.29, 1.82) is 0 Å². The Morgan fingerprint density at radius 3 is 2.67 bits per heavy atom. The van der Waals surface area contributed by atoms with Gasteiger partial charge in [-0.05, 0) is 18.2 Å². The summed E-state index contributed by atoms with van der Waals surface area (Å²) in [7, 11) is 0. The minimum atomic E-state index is 0.584. The van der Waals surface area contributed by atoms with Crippen LogP contribution >= 0.6 is 11.6 Å². The second kappa shape index (κ2) is 4.75. The van der Waals surface area contributed by atoms with Gasteiger partial charge in [-0.3, -0.25) is 0 Å². The highest BCUT2D eigenvalue weighted by atomic mass is 35.5. The van der Waals surface area contributed by atoms with E-state index in [0.717, 1.165) is 16.6 Å². The van der Waals surface area contributed by atoms with Crippen LogP contribution in [0.1, 0.15) is 0 Å². The molecule has 0 radical (unpaired) electrons. The first-order valence-corrected chi connectivity index (χ1v) is 6.86. The van der Waals surface area contributed by atoms with Crippen LogP contribution in [-0.2, 0) is 0 Å². The number of rotatable bonds is 2. The molecule has 0 atom stereocenters. The van der Waals surface area contributed by atoms with E-state index in [9.17, 15) is 0 Å². The lowest BCUT2D eigenvalue weighted by molar-refractivity contribution is 0.432. The summed E-state index contributed by atoms with van der Waals surface area (Å²) < 4.78 is 5.39. The maximum absolute atomic E-state index is 6.17. The van der Waals surface area contributed by atoms with Gasteiger partial charge >= 0.3 is 0 Å². The predicted octanol–water partition coefficient (Wildman–Crippen LogP) is 4.54. The van der Waals surface area contributed by atoms with Gasteiger partial charge in [-0.1, -0.05) is 47.1 Å². The molecule has 2 heterocycles. The third-order valence-electron chi connectivity index (χ3n) is 3.28. The molecule has 0 aliphatic carbocycles. The zero-order valence-electron chi connectivity index (χ0n) is 10.9. The summed E-state index contributed by atoms with van der Waals surface area (Å²) in [6.07, 6.45) is 0. The van der Waals surface area contributed by atoms with Gasteiger partial charge in [0.2, 0.25) is 5.76 Å². The van der Waals surface area contributed by atoms with Crippen molar-refractivity contribution in [3.05, 3.63) is 59.6 Å². The fourth-order valence-electron chi connectivity index (χ4n) is 2.25. The lowest BCUT2D eigenvalue weighted by Crippen LogP contribution is -1.77. The van der Waals surface area contributed by atoms with Crippen LogP contribution in [-0.4, -0.2) is 15.1 Å². The number of imidazole rings is 1. The van der Waals surface area contributed by atoms with E-state index in [1.54, 1.807) is 0 Å². The molecular formula is C16H10ClN3O. The Labute approximate surface area is 125 Å². The van der Waals surface area contributed by atoms with Crippen molar-refractivity contribution in [2.45, 2.75) is 0 Å². The Hall–Kier alpha value is -2.59. The van der Waals surface area contributed by atoms with Crippen LogP contribution in [0, 0.1) is 0 Å². The number of benzene rings is 2. The first kappa shape index (κ1) is 12.2. The summed E-state index contributed by atoms with van der Waals surface area (Å²) in [5.74, 6) is 1.24. The average molecular weight is 296 g/mol. The maximum atomic E-state index is 6.17. The normalized spacial score (nSPS) is 11.1. The topological polar surface area (TPSA) is 54.7 Å². The van der Waals surface area contributed by atoms with Gasteiger partial charge in [0.15, 0.2) is 5.82 Å². The highest BCUT2D eigenvalue weighted by Gasteiger charge is 2.13. The summed E-state index contributed by atoms with van der Waals surface area (Å²) in [5.41, 5.74) is 3.38. The van der Waals surface area contributed by atoms with E-state index in [-0.39, 0.29) is 0 Å². The van der Waals surface area contributed by atoms with Crippen LogP contribution in [0.5, 0.6) is 0 Å². The van der Waals surface area contributed by atoms with Crippen LogP contribution in [0.15, 0.2) is 59.1 Å². The molecule has 0 saturated carbocycles. The summed E-state index contributed by atoms with van der Waals surface area (Å²) in [5, 5.41) is 4.72. The van der Waals surface area contributed by atoms with E-state index in [0.29, 0.717) is 22.3 Å². The van der Waals surface area contributed by atoms with Gasteiger partial charge in [0.25, 0.3) is 0 Å². The predicted molar refractivity (Wildman–Crippen MR) is 82.0 cm³/mol. The Kier molecular flexibility index (Phi) is 2.75. The number of aromatic amines is 1. The number of nitrogens with zero attached hydrogens (tertiary/aromatic N) is 2. The molecule has 2 aromatic carbocycles. The molecule has 102 valence electrons. The summed E-state index contributed by atoms with van der Waals surface area (Å²) in [4.78, 5) is 7.70. The average Bonchev–Trinajstić information content (AvgIpc) is 3.14. The molecule has 2 aromatic heterocycles. The summed E-state index contributed by atoms with van der Waals surface area (Å²) in [6, 6.07) is 17.2. The zero-order chi connectivity index (χ0) is 14.2. The van der Waals surface area contributed by atoms with Crippen LogP contribution in [0.25, 0.3) is 33.9 Å². The number of hydrogen-bond donors (Lipinski definition) is 1. The van der Waals surface area contributed by atoms with Gasteiger partial charge in [0.1, 0.15) is 5.69 Å². The smallest absolute Gasteiger partial charge is 0.202 e. The van der Waals surface area contributed by atoms with Crippen LogP contribution in [0.2, 0.25) is 5.02 Å². The van der Waals surface area contributed by atoms with Crippen LogP contribution in [0.3, 0.4) is 0 Å². The Balaban J connectivity index is 1.79. The van der Waals surface area contributed by atoms with E-state index < -0.39 is 0 Å². The molecule has 4 aromatic rings. The van der Waals surface area contributed by atoms with Gasteiger partial charge in [-0.25, -0.2) is 4.98 Å². The summed E-state index contributed by atoms with van der Waals surface area (Å²) in [6.45, 7) is 0. The quantitative estimate of drug-likeness (QED) is 0.591. The number of hydrogen-bond acceptors (Lipinski definition) is 3. The van der Waals surface area contributed by atoms with Crippen LogP contribution in [0.4, 0.5) is 0 Å². The number of aromatic nitrogens is 3. The van der Waals surface area contributed by atoms with Crippen molar-refractivity contribution in [2.75, 3.05) is 0 Å². The lowest BCUT2D eigenvalue weighted by atomic mass is 10.1. The van der Waals surface area contributed by atoms with Crippen LogP contribution < -0.4 is 0 Å². The number of para-hydroxylation sites is 2. The molecule has 0 saturated heterocycles. The van der Waals surface area contributed by atoms with E-state index >= 15 is 0 Å². The molecule has 0 aliphatic rings. The Bertz CT molecular complexity index is 893. The van der Waals surface area contributed by atoms with Gasteiger partial charge in [0, 0.05) is 11.6 Å². The number of halogens is 1. The highest BCUT2D eigenvalue weighted by molar-refractivity contribution is 6.33. The molecular weight excluding hydrogens is 286 g/mol. The van der Waals surface area contributed by atoms with Crippen molar-refractivity contribution in [2.24, 2.45) is 0 Å². The molecule has 0 fully saturated rings. The van der Waals surface area contributed by atoms with Crippen molar-refractivity contribution in [1.82, 2.24) is 15.1 Å². The van der Waals surface area contributed by atoms with Gasteiger partial charge < -0.3 is 9.51 Å². The SMILES string of the molecule is Clc1ccccc1-c1cc(-c2nc3ccccc3[nH]2)on1. The second-order valence-corrected chi connectivity index (χ2v) is 5.07. The van der Waals surface area contributed by atoms with Gasteiger partial charge in [0.05, 0.1) is 16.1 Å². The standard InChI is InChI=1S/C16H10ClN3O/c17-11-6-2-1-5-10(11)14-9-15(21-20-14)16-18-12-7-3-4-8-13(12)19-16/h1-9H,(H,18,19). The molecule has 0 bridgehead atoms. The number of fused-ring (bicyclic) bond motifs is 1. The largest absolute Gasteiger partial charge is 0.352 e. The third kappa shape index (κ3) is 2.10. The van der Waals surface area contributed by atoms with Gasteiger partial charge in [-0.15, -0.1) is 0 Å². The molecule has 5 heteroatoms. The zero-order valence-corrected chi connectivity index (χ0v) is 11.6. The van der Waals surface area contributed by atoms with Crippen molar-refractivity contribution < 1.29 is 4.52 Å². The fraction of sp³-hybridized carbons (Fsp3) is 0. The first-order chi connectivity index (χ1) is 10.3. The number of H-pyrrole nitrogens is 1. The molecule has 0 unspecified atom stereocenters. The van der Waals surface area contributed by atoms with Crippen molar-refractivity contribution in [3.8, 4) is 22.8 Å². The minimum absolute atomic E-state index is 0.584. The highest BCUT2D eigenvalue weighted by Crippen LogP contribution is 2.30. The molecule has 0 aliphatic heterocycles. The Morgan fingerprint density at radius 1 is 1.00 bits per heavy atom. The van der Waals surface area contributed by atoms with E-state index in [2.05, 4.69) is 15.1 Å². The molecule has 21 heavy (non-hydrogen) atoms. The Morgan fingerprint density at radius 2 is 1.81 bits per heavy atom. The van der Waals surface area contributed by atoms with E-state index in [4.69, 9.17) is 16.1 Å². The first-order valence-electron chi connectivity index (χ1n) is 6.48. The molecule has 0 amide bonds. The monoisotopic (exact) mass is 295 g/mol. The van der Waals surface area contributed by atoms with E-state index in [1.807, 2.05) is 54.6 Å². The fourth-order valence-corrected chi connectivity index (χ4v) is 2.48. The van der Waals surface area contributed by atoms with Crippen molar-refractivity contribution in [3.63, 3.8) is 0 Å². The van der Waals surface area contributed by atoms with Crippen molar-refractivity contribution >= 4 is 22.6 Å². The second-order valence-electron chi connectivity index (χ2n) is 4.66. The molecule has 1 N–H and O–H groups in total. The maximum Gasteiger partial charge on any atom is 0.202 e. The minimum Gasteiger partial charge on any atom is -0.352 e. The lowest BCUT2D eigenvalue weighted by Gasteiger charge is -1.96. The molecule has 4 nitrogen and oxygen atoms in total. The molecule has 4 rings (SSSR count). The van der Waals surface area contributed by atoms with E-state index in [1.165, 1.54) is 0 Å².